The van der Waals surface area contributed by atoms with Crippen molar-refractivity contribution in [2.24, 2.45) is 0 Å². The van der Waals surface area contributed by atoms with E-state index in [1.165, 1.54) is 0 Å². The zero-order valence-corrected chi connectivity index (χ0v) is 14.3. The van der Waals surface area contributed by atoms with Crippen LogP contribution in [0.25, 0.3) is 6.08 Å². The van der Waals surface area contributed by atoms with Gasteiger partial charge < -0.3 is 4.74 Å². The molecule has 0 bridgehead atoms. The molecule has 2 amide bonds. The summed E-state index contributed by atoms with van der Waals surface area (Å²) in [6.07, 6.45) is 1.67. The fourth-order valence-corrected chi connectivity index (χ4v) is 4.25. The van der Waals surface area contributed by atoms with Crippen LogP contribution in [0.15, 0.2) is 17.0 Å². The van der Waals surface area contributed by atoms with Gasteiger partial charge in [0.05, 0.1) is 15.6 Å². The lowest BCUT2D eigenvalue weighted by Gasteiger charge is -2.08. The van der Waals surface area contributed by atoms with Crippen LogP contribution in [0.5, 0.6) is 5.75 Å². The second-order valence-electron chi connectivity index (χ2n) is 3.36. The molecule has 1 saturated heterocycles. The van der Waals surface area contributed by atoms with Gasteiger partial charge in [-0.25, -0.2) is 0 Å². The van der Waals surface area contributed by atoms with E-state index in [1.54, 1.807) is 13.2 Å². The van der Waals surface area contributed by atoms with E-state index in [9.17, 15) is 9.59 Å². The van der Waals surface area contributed by atoms with Crippen molar-refractivity contribution in [2.45, 2.75) is 0 Å². The fraction of sp³-hybridized carbons (Fsp3) is 0.0909. The number of carbonyl (C=O) groups excluding carboxylic acids is 2. The Labute approximate surface area is 135 Å². The van der Waals surface area contributed by atoms with Crippen LogP contribution < -0.4 is 10.1 Å². The van der Waals surface area contributed by atoms with Gasteiger partial charge >= 0.3 is 0 Å². The maximum absolute atomic E-state index is 11.5. The first-order valence-electron chi connectivity index (χ1n) is 4.79. The minimum atomic E-state index is -0.360. The van der Waals surface area contributed by atoms with Gasteiger partial charge in [-0.2, -0.15) is 0 Å². The standard InChI is InChI=1S/C11H7I2NO3S/c1-17-9-5(2-6(12)4-7(9)13)3-8-10(15)14-11(16)18-8/h2-4H,1H3,(H,14,15,16)/b8-3-. The maximum Gasteiger partial charge on any atom is 0.290 e. The quantitative estimate of drug-likeness (QED) is 0.515. The van der Waals surface area contributed by atoms with Gasteiger partial charge in [-0.3, -0.25) is 14.9 Å². The van der Waals surface area contributed by atoms with Crippen LogP contribution in [-0.2, 0) is 4.79 Å². The maximum atomic E-state index is 11.5. The molecule has 0 saturated carbocycles. The Balaban J connectivity index is 2.48. The zero-order chi connectivity index (χ0) is 13.3. The molecule has 1 heterocycles. The van der Waals surface area contributed by atoms with Gasteiger partial charge in [0.25, 0.3) is 11.1 Å². The number of halogens is 2. The van der Waals surface area contributed by atoms with Crippen LogP contribution in [0.1, 0.15) is 5.56 Å². The predicted octanol–water partition coefficient (Wildman–Crippen LogP) is 3.23. The Morgan fingerprint density at radius 1 is 1.33 bits per heavy atom. The first kappa shape index (κ1) is 14.1. The molecule has 2 rings (SSSR count). The third-order valence-corrected chi connectivity index (χ3v) is 4.40. The van der Waals surface area contributed by atoms with Gasteiger partial charge in [-0.05, 0) is 75.2 Å². The molecule has 4 nitrogen and oxygen atoms in total. The largest absolute Gasteiger partial charge is 0.495 e. The Kier molecular flexibility index (Phi) is 4.54. The average Bonchev–Trinajstić information content (AvgIpc) is 2.57. The summed E-state index contributed by atoms with van der Waals surface area (Å²) < 4.78 is 7.32. The predicted molar refractivity (Wildman–Crippen MR) is 87.5 cm³/mol. The molecule has 1 N–H and O–H groups in total. The van der Waals surface area contributed by atoms with Gasteiger partial charge in [-0.1, -0.05) is 0 Å². The number of methoxy groups -OCH3 is 1. The summed E-state index contributed by atoms with van der Waals surface area (Å²) >= 11 is 5.27. The summed E-state index contributed by atoms with van der Waals surface area (Å²) in [7, 11) is 1.58. The molecule has 1 aliphatic heterocycles. The molecule has 7 heteroatoms. The van der Waals surface area contributed by atoms with E-state index in [1.807, 2.05) is 12.1 Å². The van der Waals surface area contributed by atoms with Crippen molar-refractivity contribution in [3.63, 3.8) is 0 Å². The second kappa shape index (κ2) is 5.78. The van der Waals surface area contributed by atoms with Crippen LogP contribution >= 0.6 is 56.9 Å². The van der Waals surface area contributed by atoms with Crippen molar-refractivity contribution in [3.8, 4) is 5.75 Å². The summed E-state index contributed by atoms with van der Waals surface area (Å²) in [4.78, 5) is 23.0. The second-order valence-corrected chi connectivity index (χ2v) is 6.78. The molecular weight excluding hydrogens is 480 g/mol. The van der Waals surface area contributed by atoms with E-state index in [0.29, 0.717) is 10.7 Å². The van der Waals surface area contributed by atoms with Crippen LogP contribution in [-0.4, -0.2) is 18.3 Å². The van der Waals surface area contributed by atoms with E-state index < -0.39 is 0 Å². The lowest BCUT2D eigenvalue weighted by Crippen LogP contribution is -2.17. The summed E-state index contributed by atoms with van der Waals surface area (Å²) in [5.74, 6) is 0.345. The Bertz CT molecular complexity index is 572. The van der Waals surface area contributed by atoms with Crippen LogP contribution in [0.2, 0.25) is 0 Å². The highest BCUT2D eigenvalue weighted by Gasteiger charge is 2.25. The minimum Gasteiger partial charge on any atom is -0.495 e. The van der Waals surface area contributed by atoms with Crippen molar-refractivity contribution in [1.29, 1.82) is 0 Å². The average molecular weight is 487 g/mol. The molecule has 18 heavy (non-hydrogen) atoms. The SMILES string of the molecule is COc1c(I)cc(I)cc1/C=C1\SC(=O)NC1=O. The number of nitrogens with one attached hydrogen (secondary N) is 1. The summed E-state index contributed by atoms with van der Waals surface area (Å²) in [6.45, 7) is 0. The van der Waals surface area contributed by atoms with Crippen LogP contribution in [0.4, 0.5) is 4.79 Å². The number of hydrogen-bond donors (Lipinski definition) is 1. The Morgan fingerprint density at radius 2 is 2.06 bits per heavy atom. The molecular formula is C11H7I2NO3S. The molecule has 1 aliphatic rings. The van der Waals surface area contributed by atoms with E-state index in [4.69, 9.17) is 4.74 Å². The van der Waals surface area contributed by atoms with E-state index >= 15 is 0 Å². The minimum absolute atomic E-state index is 0.342. The number of hydrogen-bond acceptors (Lipinski definition) is 4. The van der Waals surface area contributed by atoms with Crippen molar-refractivity contribution in [2.75, 3.05) is 7.11 Å². The molecule has 0 aliphatic carbocycles. The first-order valence-corrected chi connectivity index (χ1v) is 7.76. The van der Waals surface area contributed by atoms with Crippen LogP contribution in [0.3, 0.4) is 0 Å². The monoisotopic (exact) mass is 487 g/mol. The van der Waals surface area contributed by atoms with E-state index in [0.717, 1.165) is 24.5 Å². The molecule has 1 fully saturated rings. The number of carbonyl (C=O) groups is 2. The van der Waals surface area contributed by atoms with Gasteiger partial charge in [0.2, 0.25) is 0 Å². The smallest absolute Gasteiger partial charge is 0.290 e. The summed E-state index contributed by atoms with van der Waals surface area (Å²) in [5, 5.41) is 1.88. The zero-order valence-electron chi connectivity index (χ0n) is 9.12. The number of imide groups is 1. The highest BCUT2D eigenvalue weighted by molar-refractivity contribution is 14.1. The number of amides is 2. The molecule has 1 aromatic rings. The molecule has 0 aromatic heterocycles. The number of ether oxygens (including phenoxy) is 1. The van der Waals surface area contributed by atoms with Crippen LogP contribution in [0, 0.1) is 7.14 Å². The van der Waals surface area contributed by atoms with Crippen molar-refractivity contribution < 1.29 is 14.3 Å². The van der Waals surface area contributed by atoms with Gasteiger partial charge in [0, 0.05) is 9.13 Å². The lowest BCUT2D eigenvalue weighted by molar-refractivity contribution is -0.115. The number of thioether (sulfide) groups is 1. The van der Waals surface area contributed by atoms with Crippen molar-refractivity contribution in [1.82, 2.24) is 5.32 Å². The van der Waals surface area contributed by atoms with Gasteiger partial charge in [-0.15, -0.1) is 0 Å². The van der Waals surface area contributed by atoms with Crippen molar-refractivity contribution >= 4 is 74.2 Å². The molecule has 0 radical (unpaired) electrons. The first-order chi connectivity index (χ1) is 8.51. The van der Waals surface area contributed by atoms with E-state index in [-0.39, 0.29) is 11.1 Å². The Hall–Kier alpha value is -0.290. The third-order valence-electron chi connectivity index (χ3n) is 2.17. The fourth-order valence-electron chi connectivity index (χ4n) is 1.47. The lowest BCUT2D eigenvalue weighted by atomic mass is 10.2. The molecule has 0 spiro atoms. The third kappa shape index (κ3) is 2.99. The highest BCUT2D eigenvalue weighted by atomic mass is 127. The number of rotatable bonds is 2. The normalized spacial score (nSPS) is 17.2. The van der Waals surface area contributed by atoms with Gasteiger partial charge in [0.15, 0.2) is 0 Å². The summed E-state index contributed by atoms with van der Waals surface area (Å²) in [5.41, 5.74) is 0.793. The Morgan fingerprint density at radius 3 is 2.61 bits per heavy atom. The molecule has 1 aromatic carbocycles. The molecule has 94 valence electrons. The highest BCUT2D eigenvalue weighted by Crippen LogP contribution is 2.33. The summed E-state index contributed by atoms with van der Waals surface area (Å²) in [6, 6.07) is 3.89. The van der Waals surface area contributed by atoms with Crippen molar-refractivity contribution in [3.05, 3.63) is 29.7 Å². The van der Waals surface area contributed by atoms with Gasteiger partial charge in [0.1, 0.15) is 5.75 Å². The number of benzene rings is 1. The molecule has 0 atom stereocenters. The van der Waals surface area contributed by atoms with E-state index in [2.05, 4.69) is 50.5 Å². The molecule has 0 unspecified atom stereocenters. The topological polar surface area (TPSA) is 55.4 Å².